The molecular formula is C16H16ClN3O2. The Bertz CT molecular complexity index is 707. The second-order valence-corrected chi connectivity index (χ2v) is 5.53. The summed E-state index contributed by atoms with van der Waals surface area (Å²) in [6.07, 6.45) is 4.39. The first-order valence-corrected chi connectivity index (χ1v) is 7.43. The van der Waals surface area contributed by atoms with Crippen molar-refractivity contribution < 1.29 is 9.52 Å². The standard InChI is InChI=1S/C16H16ClN3O2/c17-13-4-1-11(2-5-13)9-15-12(7-8-22-15)3-6-14(21)16-18-10-19-20-16/h1-2,4-5,7-8,10,14,21H,3,6,9H2,(H,18,19,20). The van der Waals surface area contributed by atoms with Crippen molar-refractivity contribution >= 4 is 11.6 Å². The van der Waals surface area contributed by atoms with Crippen LogP contribution in [0.5, 0.6) is 0 Å². The van der Waals surface area contributed by atoms with Crippen molar-refractivity contribution in [2.24, 2.45) is 0 Å². The van der Waals surface area contributed by atoms with Gasteiger partial charge in [0.1, 0.15) is 18.2 Å². The molecule has 0 spiro atoms. The van der Waals surface area contributed by atoms with Gasteiger partial charge < -0.3 is 9.52 Å². The van der Waals surface area contributed by atoms with E-state index in [4.69, 9.17) is 16.0 Å². The van der Waals surface area contributed by atoms with Gasteiger partial charge >= 0.3 is 0 Å². The first-order valence-electron chi connectivity index (χ1n) is 7.05. The molecule has 2 heterocycles. The van der Waals surface area contributed by atoms with Gasteiger partial charge in [-0.25, -0.2) is 4.98 Å². The van der Waals surface area contributed by atoms with Gasteiger partial charge in [0, 0.05) is 11.4 Å². The first kappa shape index (κ1) is 14.8. The van der Waals surface area contributed by atoms with Crippen LogP contribution in [0.2, 0.25) is 5.02 Å². The van der Waals surface area contributed by atoms with Crippen molar-refractivity contribution in [3.8, 4) is 0 Å². The highest BCUT2D eigenvalue weighted by molar-refractivity contribution is 6.30. The summed E-state index contributed by atoms with van der Waals surface area (Å²) in [6, 6.07) is 9.65. The summed E-state index contributed by atoms with van der Waals surface area (Å²) >= 11 is 5.89. The largest absolute Gasteiger partial charge is 0.469 e. The minimum absolute atomic E-state index is 0.489. The number of aromatic amines is 1. The number of rotatable bonds is 6. The van der Waals surface area contributed by atoms with Crippen LogP contribution >= 0.6 is 11.6 Å². The Morgan fingerprint density at radius 3 is 2.77 bits per heavy atom. The quantitative estimate of drug-likeness (QED) is 0.731. The Kier molecular flexibility index (Phi) is 4.56. The van der Waals surface area contributed by atoms with Crippen LogP contribution in [0.25, 0.3) is 0 Å². The number of nitrogens with zero attached hydrogens (tertiary/aromatic N) is 2. The van der Waals surface area contributed by atoms with Crippen molar-refractivity contribution in [1.29, 1.82) is 0 Å². The topological polar surface area (TPSA) is 74.9 Å². The summed E-state index contributed by atoms with van der Waals surface area (Å²) in [6.45, 7) is 0. The van der Waals surface area contributed by atoms with Crippen molar-refractivity contribution in [3.05, 3.63) is 70.7 Å². The Labute approximate surface area is 133 Å². The zero-order valence-corrected chi connectivity index (χ0v) is 12.6. The summed E-state index contributed by atoms with van der Waals surface area (Å²) < 4.78 is 5.57. The fourth-order valence-electron chi connectivity index (χ4n) is 2.34. The minimum Gasteiger partial charge on any atom is -0.469 e. The maximum absolute atomic E-state index is 10.0. The van der Waals surface area contributed by atoms with Crippen molar-refractivity contribution in [3.63, 3.8) is 0 Å². The Balaban J connectivity index is 1.63. The number of benzene rings is 1. The third-order valence-corrected chi connectivity index (χ3v) is 3.80. The van der Waals surface area contributed by atoms with E-state index in [0.717, 1.165) is 21.9 Å². The highest BCUT2D eigenvalue weighted by atomic mass is 35.5. The van der Waals surface area contributed by atoms with E-state index in [1.807, 2.05) is 30.3 Å². The predicted molar refractivity (Wildman–Crippen MR) is 82.6 cm³/mol. The Hall–Kier alpha value is -2.11. The number of H-pyrrole nitrogens is 1. The maximum Gasteiger partial charge on any atom is 0.153 e. The first-order chi connectivity index (χ1) is 10.7. The van der Waals surface area contributed by atoms with Crippen LogP contribution in [0.15, 0.2) is 47.3 Å². The molecule has 0 saturated heterocycles. The number of aromatic nitrogens is 3. The van der Waals surface area contributed by atoms with Gasteiger partial charge in [-0.2, -0.15) is 5.10 Å². The molecule has 3 aromatic rings. The predicted octanol–water partition coefficient (Wildman–Crippen LogP) is 3.31. The van der Waals surface area contributed by atoms with Gasteiger partial charge in [-0.15, -0.1) is 0 Å². The summed E-state index contributed by atoms with van der Waals surface area (Å²) in [5.74, 6) is 1.40. The molecule has 0 fully saturated rings. The molecule has 0 amide bonds. The lowest BCUT2D eigenvalue weighted by Gasteiger charge is -2.07. The van der Waals surface area contributed by atoms with Crippen LogP contribution in [0.3, 0.4) is 0 Å². The van der Waals surface area contributed by atoms with Crippen molar-refractivity contribution in [2.45, 2.75) is 25.4 Å². The monoisotopic (exact) mass is 317 g/mol. The summed E-state index contributed by atoms with van der Waals surface area (Å²) in [5.41, 5.74) is 2.23. The van der Waals surface area contributed by atoms with E-state index in [1.165, 1.54) is 6.33 Å². The number of furan rings is 1. The zero-order chi connectivity index (χ0) is 15.4. The fourth-order valence-corrected chi connectivity index (χ4v) is 2.46. The maximum atomic E-state index is 10.0. The molecule has 0 saturated carbocycles. The average molecular weight is 318 g/mol. The molecule has 6 heteroatoms. The molecule has 0 aliphatic carbocycles. The lowest BCUT2D eigenvalue weighted by Crippen LogP contribution is -2.02. The number of nitrogens with one attached hydrogen (secondary N) is 1. The normalized spacial score (nSPS) is 12.5. The average Bonchev–Trinajstić information content (AvgIpc) is 3.19. The third kappa shape index (κ3) is 3.55. The van der Waals surface area contributed by atoms with Crippen LogP contribution in [-0.2, 0) is 12.8 Å². The molecule has 1 aromatic carbocycles. The van der Waals surface area contributed by atoms with Crippen molar-refractivity contribution in [2.75, 3.05) is 0 Å². The van der Waals surface area contributed by atoms with E-state index >= 15 is 0 Å². The zero-order valence-electron chi connectivity index (χ0n) is 11.9. The van der Waals surface area contributed by atoms with E-state index in [2.05, 4.69) is 15.2 Å². The highest BCUT2D eigenvalue weighted by Crippen LogP contribution is 2.21. The van der Waals surface area contributed by atoms with Gasteiger partial charge in [-0.05, 0) is 42.2 Å². The molecule has 0 aliphatic heterocycles. The van der Waals surface area contributed by atoms with Gasteiger partial charge in [0.25, 0.3) is 0 Å². The van der Waals surface area contributed by atoms with Crippen LogP contribution in [0.4, 0.5) is 0 Å². The Morgan fingerprint density at radius 1 is 1.23 bits per heavy atom. The van der Waals surface area contributed by atoms with Gasteiger partial charge in [0.15, 0.2) is 5.82 Å². The molecule has 0 radical (unpaired) electrons. The second kappa shape index (κ2) is 6.77. The van der Waals surface area contributed by atoms with E-state index in [1.54, 1.807) is 6.26 Å². The molecule has 1 atom stereocenters. The molecule has 3 rings (SSSR count). The summed E-state index contributed by atoms with van der Waals surface area (Å²) in [7, 11) is 0. The molecule has 0 bridgehead atoms. The molecular weight excluding hydrogens is 302 g/mol. The van der Waals surface area contributed by atoms with Gasteiger partial charge in [0.2, 0.25) is 0 Å². The SMILES string of the molecule is OC(CCc1ccoc1Cc1ccc(Cl)cc1)c1ncn[nH]1. The van der Waals surface area contributed by atoms with Crippen LogP contribution in [0.1, 0.15) is 35.2 Å². The number of aryl methyl sites for hydroxylation is 1. The fraction of sp³-hybridized carbons (Fsp3) is 0.250. The molecule has 2 N–H and O–H groups in total. The van der Waals surface area contributed by atoms with Gasteiger partial charge in [0.05, 0.1) is 6.26 Å². The van der Waals surface area contributed by atoms with Crippen LogP contribution in [-0.4, -0.2) is 20.3 Å². The molecule has 2 aromatic heterocycles. The van der Waals surface area contributed by atoms with Gasteiger partial charge in [-0.1, -0.05) is 23.7 Å². The third-order valence-electron chi connectivity index (χ3n) is 3.55. The van der Waals surface area contributed by atoms with E-state index in [-0.39, 0.29) is 0 Å². The smallest absolute Gasteiger partial charge is 0.153 e. The highest BCUT2D eigenvalue weighted by Gasteiger charge is 2.13. The second-order valence-electron chi connectivity index (χ2n) is 5.10. The Morgan fingerprint density at radius 2 is 2.05 bits per heavy atom. The molecule has 22 heavy (non-hydrogen) atoms. The number of hydrogen-bond donors (Lipinski definition) is 2. The van der Waals surface area contributed by atoms with Crippen LogP contribution < -0.4 is 0 Å². The van der Waals surface area contributed by atoms with Crippen molar-refractivity contribution in [1.82, 2.24) is 15.2 Å². The number of halogens is 1. The van der Waals surface area contributed by atoms with E-state index in [9.17, 15) is 5.11 Å². The van der Waals surface area contributed by atoms with Gasteiger partial charge in [-0.3, -0.25) is 5.10 Å². The molecule has 114 valence electrons. The van der Waals surface area contributed by atoms with E-state index < -0.39 is 6.10 Å². The van der Waals surface area contributed by atoms with Crippen LogP contribution in [0, 0.1) is 0 Å². The lowest BCUT2D eigenvalue weighted by atomic mass is 10.0. The number of aliphatic hydroxyl groups excluding tert-OH is 1. The summed E-state index contributed by atoms with van der Waals surface area (Å²) in [5, 5.41) is 17.2. The molecule has 1 unspecified atom stereocenters. The summed E-state index contributed by atoms with van der Waals surface area (Å²) in [4.78, 5) is 3.96. The number of hydrogen-bond acceptors (Lipinski definition) is 4. The minimum atomic E-state index is -0.652. The molecule has 0 aliphatic rings. The molecule has 5 nitrogen and oxygen atoms in total. The lowest BCUT2D eigenvalue weighted by molar-refractivity contribution is 0.158. The number of aliphatic hydroxyl groups is 1. The van der Waals surface area contributed by atoms with E-state index in [0.29, 0.717) is 25.1 Å².